The van der Waals surface area contributed by atoms with Gasteiger partial charge in [-0.3, -0.25) is 9.69 Å². The van der Waals surface area contributed by atoms with E-state index in [1.54, 1.807) is 60.7 Å². The highest BCUT2D eigenvalue weighted by Gasteiger charge is 2.33. The minimum absolute atomic E-state index is 0.0169. The average Bonchev–Trinajstić information content (AvgIpc) is 3.55. The van der Waals surface area contributed by atoms with Crippen LogP contribution >= 0.6 is 0 Å². The third kappa shape index (κ3) is 7.39. The van der Waals surface area contributed by atoms with Crippen LogP contribution in [0.5, 0.6) is 28.7 Å². The first kappa shape index (κ1) is 31.8. The van der Waals surface area contributed by atoms with Crippen molar-refractivity contribution < 1.29 is 47.9 Å². The van der Waals surface area contributed by atoms with E-state index in [2.05, 4.69) is 4.90 Å². The molecule has 0 aromatic heterocycles. The van der Waals surface area contributed by atoms with E-state index in [0.29, 0.717) is 53.9 Å². The molecular formula is C34H37NO10. The lowest BCUT2D eigenvalue weighted by Crippen LogP contribution is -2.37. The van der Waals surface area contributed by atoms with Crippen LogP contribution in [0.2, 0.25) is 0 Å². The lowest BCUT2D eigenvalue weighted by Gasteiger charge is -2.27. The molecule has 0 radical (unpaired) electrons. The molecule has 0 spiro atoms. The van der Waals surface area contributed by atoms with Crippen LogP contribution < -0.4 is 23.7 Å². The fourth-order valence-electron chi connectivity index (χ4n) is 5.38. The minimum Gasteiger partial charge on any atom is -0.497 e. The number of ether oxygens (including phenoxy) is 7. The summed E-state index contributed by atoms with van der Waals surface area (Å²) >= 11 is 0. The van der Waals surface area contributed by atoms with Crippen molar-refractivity contribution in [3.63, 3.8) is 0 Å². The van der Waals surface area contributed by atoms with Gasteiger partial charge in [-0.15, -0.1) is 0 Å². The first-order chi connectivity index (χ1) is 21.9. The van der Waals surface area contributed by atoms with Crippen LogP contribution in [0.25, 0.3) is 5.57 Å². The number of morpholine rings is 1. The summed E-state index contributed by atoms with van der Waals surface area (Å²) in [6, 6.07) is 16.5. The second kappa shape index (κ2) is 14.9. The van der Waals surface area contributed by atoms with Gasteiger partial charge in [-0.1, -0.05) is 12.1 Å². The molecule has 2 heterocycles. The Balaban J connectivity index is 1.64. The van der Waals surface area contributed by atoms with E-state index < -0.39 is 17.9 Å². The van der Waals surface area contributed by atoms with Gasteiger partial charge in [-0.25, -0.2) is 4.79 Å². The summed E-state index contributed by atoms with van der Waals surface area (Å²) in [4.78, 5) is 29.9. The second-order valence-corrected chi connectivity index (χ2v) is 10.4. The number of aliphatic carboxylic acids is 1. The zero-order valence-corrected chi connectivity index (χ0v) is 25.6. The maximum absolute atomic E-state index is 14.5. The third-order valence-electron chi connectivity index (χ3n) is 7.72. The quantitative estimate of drug-likeness (QED) is 0.154. The number of benzene rings is 3. The van der Waals surface area contributed by atoms with Crippen LogP contribution in [0.1, 0.15) is 34.0 Å². The third-order valence-corrected chi connectivity index (χ3v) is 7.72. The van der Waals surface area contributed by atoms with Gasteiger partial charge in [0.1, 0.15) is 11.9 Å². The molecule has 1 unspecified atom stereocenters. The summed E-state index contributed by atoms with van der Waals surface area (Å²) in [5.41, 5.74) is 0.793. The molecule has 1 atom stereocenters. The standard InChI is InChI=1S/C34H37NO10/c1-39-25-9-5-22(6-10-25)32(36)31(30(34(37)38)23-7-12-27-29(19-23)45-21-44-27)33(24-8-11-26(40-2)28(20-24)41-3)43-16-4-13-35-14-17-42-18-15-35/h5-12,19-20,33H,4,13-18,21H2,1-3H3,(H,37,38)/b31-30-. The number of hydrogen-bond acceptors (Lipinski definition) is 10. The summed E-state index contributed by atoms with van der Waals surface area (Å²) < 4.78 is 39.2. The molecule has 5 rings (SSSR count). The number of fused-ring (bicyclic) bond motifs is 1. The van der Waals surface area contributed by atoms with E-state index >= 15 is 0 Å². The average molecular weight is 620 g/mol. The van der Waals surface area contributed by atoms with Crippen molar-refractivity contribution in [2.75, 3.05) is 67.6 Å². The molecule has 0 saturated carbocycles. The minimum atomic E-state index is -1.30. The molecule has 1 saturated heterocycles. The molecule has 0 bridgehead atoms. The van der Waals surface area contributed by atoms with Gasteiger partial charge in [0.2, 0.25) is 6.79 Å². The van der Waals surface area contributed by atoms with Crippen molar-refractivity contribution in [3.05, 3.63) is 82.9 Å². The highest BCUT2D eigenvalue weighted by Crippen LogP contribution is 2.41. The smallest absolute Gasteiger partial charge is 0.336 e. The molecule has 11 heteroatoms. The molecule has 11 nitrogen and oxygen atoms in total. The van der Waals surface area contributed by atoms with Crippen molar-refractivity contribution in [1.29, 1.82) is 0 Å². The van der Waals surface area contributed by atoms with Gasteiger partial charge in [-0.2, -0.15) is 0 Å². The Morgan fingerprint density at radius 1 is 0.844 bits per heavy atom. The van der Waals surface area contributed by atoms with Crippen molar-refractivity contribution in [1.82, 2.24) is 4.90 Å². The number of hydrogen-bond donors (Lipinski definition) is 1. The molecule has 2 aliphatic heterocycles. The first-order valence-electron chi connectivity index (χ1n) is 14.6. The molecule has 45 heavy (non-hydrogen) atoms. The van der Waals surface area contributed by atoms with Gasteiger partial charge in [0, 0.05) is 37.4 Å². The molecular weight excluding hydrogens is 582 g/mol. The molecule has 1 N–H and O–H groups in total. The van der Waals surface area contributed by atoms with E-state index in [1.165, 1.54) is 21.3 Å². The topological polar surface area (TPSA) is 122 Å². The second-order valence-electron chi connectivity index (χ2n) is 10.4. The number of methoxy groups -OCH3 is 3. The predicted octanol–water partition coefficient (Wildman–Crippen LogP) is 4.64. The zero-order chi connectivity index (χ0) is 31.8. The highest BCUT2D eigenvalue weighted by molar-refractivity contribution is 6.26. The number of carboxylic acid groups (broad SMARTS) is 1. The lowest BCUT2D eigenvalue weighted by atomic mass is 9.87. The van der Waals surface area contributed by atoms with Crippen LogP contribution in [-0.4, -0.2) is 89.3 Å². The van der Waals surface area contributed by atoms with E-state index in [0.717, 1.165) is 19.6 Å². The monoisotopic (exact) mass is 619 g/mol. The lowest BCUT2D eigenvalue weighted by molar-refractivity contribution is -0.130. The Labute approximate surface area is 261 Å². The molecule has 0 aliphatic carbocycles. The Morgan fingerprint density at radius 2 is 1.56 bits per heavy atom. The van der Waals surface area contributed by atoms with Crippen LogP contribution in [0, 0.1) is 0 Å². The summed E-state index contributed by atoms with van der Waals surface area (Å²) in [5.74, 6) is 0.511. The Kier molecular flexibility index (Phi) is 10.6. The summed E-state index contributed by atoms with van der Waals surface area (Å²) in [6.45, 7) is 4.04. The van der Waals surface area contributed by atoms with Gasteiger partial charge in [0.05, 0.1) is 40.1 Å². The first-order valence-corrected chi connectivity index (χ1v) is 14.6. The van der Waals surface area contributed by atoms with Gasteiger partial charge < -0.3 is 38.3 Å². The van der Waals surface area contributed by atoms with Crippen molar-refractivity contribution in [3.8, 4) is 28.7 Å². The van der Waals surface area contributed by atoms with Gasteiger partial charge in [0.15, 0.2) is 28.8 Å². The van der Waals surface area contributed by atoms with Gasteiger partial charge in [0.25, 0.3) is 0 Å². The fourth-order valence-corrected chi connectivity index (χ4v) is 5.38. The van der Waals surface area contributed by atoms with Crippen molar-refractivity contribution >= 4 is 17.3 Å². The number of carbonyl (C=O) groups excluding carboxylic acids is 1. The molecule has 238 valence electrons. The molecule has 2 aliphatic rings. The summed E-state index contributed by atoms with van der Waals surface area (Å²) in [6.07, 6.45) is -0.430. The Hall–Kier alpha value is -4.58. The number of Topliss-reactive ketones (excluding diaryl/α,β-unsaturated/α-hetero) is 1. The number of carboxylic acids is 1. The SMILES string of the molecule is COc1ccc(C(=O)/C(=C(/C(=O)O)c2ccc3c(c2)OCO3)C(OCCCN2CCOCC2)c2ccc(OC)c(OC)c2)cc1. The highest BCUT2D eigenvalue weighted by atomic mass is 16.7. The maximum Gasteiger partial charge on any atom is 0.336 e. The van der Waals surface area contributed by atoms with E-state index in [1.807, 2.05) is 0 Å². The summed E-state index contributed by atoms with van der Waals surface area (Å²) in [5, 5.41) is 10.7. The maximum atomic E-state index is 14.5. The van der Waals surface area contributed by atoms with Crippen LogP contribution in [0.15, 0.2) is 66.2 Å². The zero-order valence-electron chi connectivity index (χ0n) is 25.6. The number of ketones is 1. The number of carbonyl (C=O) groups is 2. The molecule has 3 aromatic rings. The summed E-state index contributed by atoms with van der Waals surface area (Å²) in [7, 11) is 4.56. The van der Waals surface area contributed by atoms with Gasteiger partial charge >= 0.3 is 5.97 Å². The Morgan fingerprint density at radius 3 is 2.24 bits per heavy atom. The van der Waals surface area contributed by atoms with E-state index in [-0.39, 0.29) is 35.7 Å². The van der Waals surface area contributed by atoms with Crippen LogP contribution in [0.3, 0.4) is 0 Å². The van der Waals surface area contributed by atoms with Gasteiger partial charge in [-0.05, 0) is 66.1 Å². The largest absolute Gasteiger partial charge is 0.497 e. The van der Waals surface area contributed by atoms with E-state index in [9.17, 15) is 14.7 Å². The normalized spacial score (nSPS) is 15.6. The van der Waals surface area contributed by atoms with E-state index in [4.69, 9.17) is 33.2 Å². The predicted molar refractivity (Wildman–Crippen MR) is 165 cm³/mol. The van der Waals surface area contributed by atoms with Crippen LogP contribution in [0.4, 0.5) is 0 Å². The fraction of sp³-hybridized carbons (Fsp3) is 0.353. The van der Waals surface area contributed by atoms with Crippen molar-refractivity contribution in [2.24, 2.45) is 0 Å². The van der Waals surface area contributed by atoms with Crippen LogP contribution in [-0.2, 0) is 14.3 Å². The Bertz CT molecular complexity index is 1530. The number of nitrogens with zero attached hydrogens (tertiary/aromatic N) is 1. The van der Waals surface area contributed by atoms with Crippen molar-refractivity contribution in [2.45, 2.75) is 12.5 Å². The molecule has 0 amide bonds. The number of rotatable bonds is 14. The molecule has 3 aromatic carbocycles. The molecule has 1 fully saturated rings.